The summed E-state index contributed by atoms with van der Waals surface area (Å²) in [5.74, 6) is 0. The molecule has 4 nitrogen and oxygen atoms in total. The number of hydrogen-bond acceptors (Lipinski definition) is 5. The number of thiocarbonyl (C=S) groups is 1. The molecule has 5 heteroatoms. The minimum Gasteiger partial charge on any atom is -0.373 e. The van der Waals surface area contributed by atoms with Crippen molar-refractivity contribution in [3.63, 3.8) is 0 Å². The molecular formula is C13H19N4S. The molecule has 0 atom stereocenters. The van der Waals surface area contributed by atoms with Gasteiger partial charge in [-0.3, -0.25) is 0 Å². The fourth-order valence-corrected chi connectivity index (χ4v) is 1.60. The predicted octanol–water partition coefficient (Wildman–Crippen LogP) is 1.28. The van der Waals surface area contributed by atoms with E-state index in [0.29, 0.717) is 6.54 Å². The van der Waals surface area contributed by atoms with E-state index in [1.807, 2.05) is 12.1 Å². The molecule has 0 saturated carbocycles. The average Bonchev–Trinajstić information content (AvgIpc) is 2.41. The van der Waals surface area contributed by atoms with Crippen LogP contribution in [0.3, 0.4) is 0 Å². The van der Waals surface area contributed by atoms with Crippen molar-refractivity contribution in [2.75, 3.05) is 38.1 Å². The van der Waals surface area contributed by atoms with Crippen LogP contribution < -0.4 is 16.0 Å². The maximum absolute atomic E-state index is 5.42. The molecule has 0 saturated heterocycles. The van der Waals surface area contributed by atoms with E-state index in [4.69, 9.17) is 5.73 Å². The first kappa shape index (κ1) is 14.8. The molecule has 1 aromatic rings. The number of aliphatic imine (C=N–C) groups is 1. The fraction of sp³-hybridized carbons (Fsp3) is 0.385. The summed E-state index contributed by atoms with van der Waals surface area (Å²) in [7, 11) is 2.06. The zero-order chi connectivity index (χ0) is 13.2. The summed E-state index contributed by atoms with van der Waals surface area (Å²) < 4.78 is 0. The Labute approximate surface area is 114 Å². The van der Waals surface area contributed by atoms with Crippen LogP contribution in [-0.2, 0) is 0 Å². The van der Waals surface area contributed by atoms with Crippen LogP contribution in [0.1, 0.15) is 5.56 Å². The third kappa shape index (κ3) is 5.38. The van der Waals surface area contributed by atoms with Crippen molar-refractivity contribution in [2.24, 2.45) is 10.7 Å². The largest absolute Gasteiger partial charge is 0.373 e. The van der Waals surface area contributed by atoms with Gasteiger partial charge in [0.15, 0.2) is 0 Å². The molecule has 0 amide bonds. The molecule has 0 fully saturated rings. The summed E-state index contributed by atoms with van der Waals surface area (Å²) in [6.45, 7) is 5.07. The summed E-state index contributed by atoms with van der Waals surface area (Å²) in [6.07, 6.45) is 0. The third-order valence-corrected chi connectivity index (χ3v) is 2.63. The van der Waals surface area contributed by atoms with Gasteiger partial charge in [0.25, 0.3) is 0 Å². The second-order valence-corrected chi connectivity index (χ2v) is 4.09. The monoisotopic (exact) mass is 263 g/mol. The highest BCUT2D eigenvalue weighted by atomic mass is 32.1. The molecule has 0 spiro atoms. The second kappa shape index (κ2) is 8.78. The number of rotatable bonds is 8. The summed E-state index contributed by atoms with van der Waals surface area (Å²) in [6, 6.07) is 8.13. The van der Waals surface area contributed by atoms with Crippen molar-refractivity contribution in [2.45, 2.75) is 0 Å². The van der Waals surface area contributed by atoms with Crippen molar-refractivity contribution in [3.05, 3.63) is 36.4 Å². The van der Waals surface area contributed by atoms with E-state index in [9.17, 15) is 0 Å². The van der Waals surface area contributed by atoms with Crippen LogP contribution in [0.4, 0.5) is 5.69 Å². The molecule has 0 bridgehead atoms. The van der Waals surface area contributed by atoms with Gasteiger partial charge in [-0.2, -0.15) is 0 Å². The minimum atomic E-state index is 0.670. The van der Waals surface area contributed by atoms with Gasteiger partial charge in [-0.15, -0.1) is 0 Å². The zero-order valence-corrected chi connectivity index (χ0v) is 11.4. The molecule has 0 aromatic heterocycles. The molecule has 0 aliphatic heterocycles. The average molecular weight is 263 g/mol. The molecule has 18 heavy (non-hydrogen) atoms. The molecule has 0 aliphatic rings. The lowest BCUT2D eigenvalue weighted by Crippen LogP contribution is -2.31. The van der Waals surface area contributed by atoms with Crippen LogP contribution in [0.15, 0.2) is 29.3 Å². The highest BCUT2D eigenvalue weighted by molar-refractivity contribution is 7.78. The number of nitrogens with one attached hydrogen (secondary N) is 1. The van der Waals surface area contributed by atoms with Gasteiger partial charge in [-0.05, 0) is 29.9 Å². The quantitative estimate of drug-likeness (QED) is 0.421. The van der Waals surface area contributed by atoms with Crippen molar-refractivity contribution in [1.82, 2.24) is 5.32 Å². The van der Waals surface area contributed by atoms with E-state index in [0.717, 1.165) is 30.9 Å². The molecule has 0 heterocycles. The van der Waals surface area contributed by atoms with E-state index < -0.39 is 0 Å². The summed E-state index contributed by atoms with van der Waals surface area (Å²) in [4.78, 5) is 6.01. The van der Waals surface area contributed by atoms with Crippen LogP contribution in [0, 0.1) is 6.54 Å². The first-order chi connectivity index (χ1) is 8.77. The zero-order valence-electron chi connectivity index (χ0n) is 10.6. The smallest absolute Gasteiger partial charge is 0.113 e. The number of hydrogen-bond donors (Lipinski definition) is 2. The number of benzene rings is 1. The molecular weight excluding hydrogens is 244 g/mol. The number of nitrogens with zero attached hydrogens (tertiary/aromatic N) is 2. The van der Waals surface area contributed by atoms with Crippen LogP contribution in [-0.4, -0.2) is 38.4 Å². The SMILES string of the molecule is CN(CCNCCN)c1cccc([CH]N=C=S)c1. The maximum Gasteiger partial charge on any atom is 0.113 e. The standard InChI is InChI=1S/C13H19N4S/c1-17(8-7-15-6-5-14)13-4-2-3-12(9-13)10-16-11-18/h2-4,9-10,15H,5-8,14H2,1H3. The van der Waals surface area contributed by atoms with Crippen molar-refractivity contribution in [3.8, 4) is 0 Å². The lowest BCUT2D eigenvalue weighted by Gasteiger charge is -2.20. The maximum atomic E-state index is 5.42. The Morgan fingerprint density at radius 2 is 2.33 bits per heavy atom. The van der Waals surface area contributed by atoms with E-state index in [1.54, 1.807) is 6.54 Å². The number of isothiocyanates is 1. The fourth-order valence-electron chi connectivity index (χ4n) is 1.55. The van der Waals surface area contributed by atoms with Crippen molar-refractivity contribution in [1.29, 1.82) is 0 Å². The minimum absolute atomic E-state index is 0.670. The lowest BCUT2D eigenvalue weighted by atomic mass is 10.2. The molecule has 3 N–H and O–H groups in total. The third-order valence-electron chi connectivity index (χ3n) is 2.52. The van der Waals surface area contributed by atoms with Crippen molar-refractivity contribution < 1.29 is 0 Å². The Hall–Kier alpha value is -1.26. The Balaban J connectivity index is 2.51. The van der Waals surface area contributed by atoms with E-state index in [1.165, 1.54) is 0 Å². The first-order valence-electron chi connectivity index (χ1n) is 5.90. The van der Waals surface area contributed by atoms with Gasteiger partial charge in [-0.25, -0.2) is 4.99 Å². The highest BCUT2D eigenvalue weighted by Crippen LogP contribution is 2.15. The first-order valence-corrected chi connectivity index (χ1v) is 6.31. The van der Waals surface area contributed by atoms with Crippen LogP contribution in [0.2, 0.25) is 0 Å². The Kier molecular flexibility index (Phi) is 7.22. The van der Waals surface area contributed by atoms with Gasteiger partial charge >= 0.3 is 0 Å². The molecule has 1 rings (SSSR count). The topological polar surface area (TPSA) is 53.6 Å². The Morgan fingerprint density at radius 1 is 1.50 bits per heavy atom. The number of likely N-dealkylation sites (N-methyl/N-ethyl adjacent to an activating group) is 1. The summed E-state index contributed by atoms with van der Waals surface area (Å²) in [5.41, 5.74) is 7.59. The van der Waals surface area contributed by atoms with E-state index in [2.05, 4.69) is 51.8 Å². The molecule has 0 unspecified atom stereocenters. The van der Waals surface area contributed by atoms with Gasteiger partial charge in [-0.1, -0.05) is 12.1 Å². The van der Waals surface area contributed by atoms with Gasteiger partial charge in [0, 0.05) is 38.9 Å². The second-order valence-electron chi connectivity index (χ2n) is 3.90. The molecule has 0 aliphatic carbocycles. The van der Waals surface area contributed by atoms with E-state index in [-0.39, 0.29) is 0 Å². The van der Waals surface area contributed by atoms with Crippen molar-refractivity contribution >= 4 is 23.1 Å². The predicted molar refractivity (Wildman–Crippen MR) is 80.1 cm³/mol. The highest BCUT2D eigenvalue weighted by Gasteiger charge is 2.01. The molecule has 97 valence electrons. The summed E-state index contributed by atoms with van der Waals surface area (Å²) >= 11 is 4.54. The molecule has 1 radical (unpaired) electrons. The van der Waals surface area contributed by atoms with Gasteiger partial charge in [0.05, 0.1) is 5.16 Å². The van der Waals surface area contributed by atoms with Crippen LogP contribution >= 0.6 is 12.2 Å². The van der Waals surface area contributed by atoms with E-state index >= 15 is 0 Å². The van der Waals surface area contributed by atoms with Gasteiger partial charge < -0.3 is 16.0 Å². The van der Waals surface area contributed by atoms with Crippen LogP contribution in [0.25, 0.3) is 0 Å². The molecule has 1 aromatic carbocycles. The van der Waals surface area contributed by atoms with Gasteiger partial charge in [0.1, 0.15) is 6.54 Å². The van der Waals surface area contributed by atoms with Gasteiger partial charge in [0.2, 0.25) is 0 Å². The van der Waals surface area contributed by atoms with Crippen LogP contribution in [0.5, 0.6) is 0 Å². The normalized spacial score (nSPS) is 9.89. The number of anilines is 1. The Morgan fingerprint density at radius 3 is 3.06 bits per heavy atom. The Bertz CT molecular complexity index is 402. The lowest BCUT2D eigenvalue weighted by molar-refractivity contribution is 0.682. The summed E-state index contributed by atoms with van der Waals surface area (Å²) in [5, 5.41) is 5.60. The number of nitrogens with two attached hydrogens (primary N) is 1.